The first-order valence-corrected chi connectivity index (χ1v) is 8.46. The molecule has 0 aromatic rings. The van der Waals surface area contributed by atoms with E-state index in [1.165, 1.54) is 6.42 Å². The van der Waals surface area contributed by atoms with Crippen LogP contribution in [-0.4, -0.2) is 23.0 Å². The van der Waals surface area contributed by atoms with Gasteiger partial charge in [-0.1, -0.05) is 52.4 Å². The SMILES string of the molecule is CCCCCCCCC(O)(CCCC)S(=O)(=O)[O-].[Na+]. The van der Waals surface area contributed by atoms with Crippen LogP contribution >= 0.6 is 0 Å². The molecule has 1 unspecified atom stereocenters. The van der Waals surface area contributed by atoms with Crippen molar-refractivity contribution in [2.75, 3.05) is 0 Å². The monoisotopic (exact) mass is 302 g/mol. The summed E-state index contributed by atoms with van der Waals surface area (Å²) in [5, 5.41) is 9.98. The van der Waals surface area contributed by atoms with E-state index < -0.39 is 15.1 Å². The van der Waals surface area contributed by atoms with Crippen molar-refractivity contribution in [3.63, 3.8) is 0 Å². The molecule has 0 aromatic carbocycles. The Morgan fingerprint density at radius 1 is 0.895 bits per heavy atom. The van der Waals surface area contributed by atoms with Crippen molar-refractivity contribution >= 4 is 10.1 Å². The first-order chi connectivity index (χ1) is 8.37. The molecule has 110 valence electrons. The molecule has 19 heavy (non-hydrogen) atoms. The Labute approximate surface area is 140 Å². The molecule has 0 aliphatic heterocycles. The van der Waals surface area contributed by atoms with E-state index in [0.717, 1.165) is 32.1 Å². The molecule has 1 atom stereocenters. The average molecular weight is 302 g/mol. The second-order valence-corrected chi connectivity index (χ2v) is 6.69. The third kappa shape index (κ3) is 9.43. The number of unbranched alkanes of at least 4 members (excludes halogenated alkanes) is 6. The van der Waals surface area contributed by atoms with E-state index in [-0.39, 0.29) is 42.4 Å². The van der Waals surface area contributed by atoms with Crippen LogP contribution in [0.4, 0.5) is 0 Å². The summed E-state index contributed by atoms with van der Waals surface area (Å²) < 4.78 is 33.4. The summed E-state index contributed by atoms with van der Waals surface area (Å²) in [6.07, 6.45) is 7.46. The van der Waals surface area contributed by atoms with Gasteiger partial charge in [-0.3, -0.25) is 0 Å². The Kier molecular flexibility index (Phi) is 13.4. The van der Waals surface area contributed by atoms with Crippen LogP contribution < -0.4 is 29.6 Å². The molecule has 0 fully saturated rings. The van der Waals surface area contributed by atoms with Gasteiger partial charge in [-0.25, -0.2) is 8.42 Å². The first-order valence-electron chi connectivity index (χ1n) is 7.05. The number of hydrogen-bond acceptors (Lipinski definition) is 4. The van der Waals surface area contributed by atoms with Gasteiger partial charge < -0.3 is 9.66 Å². The minimum atomic E-state index is -4.63. The van der Waals surface area contributed by atoms with E-state index in [4.69, 9.17) is 0 Å². The molecule has 0 aliphatic rings. The fraction of sp³-hybridized carbons (Fsp3) is 1.00. The van der Waals surface area contributed by atoms with Crippen LogP contribution in [0.3, 0.4) is 0 Å². The summed E-state index contributed by atoms with van der Waals surface area (Å²) in [5.74, 6) is 0. The third-order valence-corrected chi connectivity index (χ3v) is 4.65. The van der Waals surface area contributed by atoms with Gasteiger partial charge in [-0.15, -0.1) is 0 Å². The van der Waals surface area contributed by atoms with Gasteiger partial charge in [0.15, 0.2) is 4.93 Å². The molecule has 0 aromatic heterocycles. The number of aliphatic hydroxyl groups is 1. The van der Waals surface area contributed by atoms with E-state index in [1.807, 2.05) is 6.92 Å². The summed E-state index contributed by atoms with van der Waals surface area (Å²) in [7, 11) is -4.63. The summed E-state index contributed by atoms with van der Waals surface area (Å²) in [5.41, 5.74) is 0. The predicted octanol–water partition coefficient (Wildman–Crippen LogP) is 0.165. The van der Waals surface area contributed by atoms with Crippen molar-refractivity contribution < 1.29 is 47.6 Å². The van der Waals surface area contributed by atoms with Crippen LogP contribution in [0.25, 0.3) is 0 Å². The van der Waals surface area contributed by atoms with Crippen molar-refractivity contribution in [1.82, 2.24) is 0 Å². The molecule has 0 radical (unpaired) electrons. The maximum atomic E-state index is 11.1. The van der Waals surface area contributed by atoms with E-state index in [0.29, 0.717) is 12.8 Å². The van der Waals surface area contributed by atoms with Gasteiger partial charge in [0, 0.05) is 0 Å². The van der Waals surface area contributed by atoms with Crippen LogP contribution in [0, 0.1) is 0 Å². The van der Waals surface area contributed by atoms with Crippen molar-refractivity contribution in [1.29, 1.82) is 0 Å². The van der Waals surface area contributed by atoms with Gasteiger partial charge in [0.05, 0.1) is 0 Å². The quantitative estimate of drug-likeness (QED) is 0.335. The number of rotatable bonds is 11. The van der Waals surface area contributed by atoms with Gasteiger partial charge in [0.1, 0.15) is 10.1 Å². The van der Waals surface area contributed by atoms with Gasteiger partial charge in [-0.2, -0.15) is 0 Å². The second-order valence-electron chi connectivity index (χ2n) is 5.02. The second kappa shape index (κ2) is 11.5. The fourth-order valence-corrected chi connectivity index (χ4v) is 2.80. The number of hydrogen-bond donors (Lipinski definition) is 1. The zero-order valence-electron chi connectivity index (χ0n) is 12.7. The summed E-state index contributed by atoms with van der Waals surface area (Å²) in [4.78, 5) is -2.05. The maximum Gasteiger partial charge on any atom is 1.00 e. The Balaban J connectivity index is 0. The van der Waals surface area contributed by atoms with Crippen molar-refractivity contribution in [2.45, 2.75) is 83.0 Å². The minimum absolute atomic E-state index is 0. The molecule has 0 aliphatic carbocycles. The molecule has 0 bridgehead atoms. The molecule has 6 heteroatoms. The largest absolute Gasteiger partial charge is 1.00 e. The molecule has 0 saturated heterocycles. The van der Waals surface area contributed by atoms with Crippen LogP contribution in [0.5, 0.6) is 0 Å². The van der Waals surface area contributed by atoms with Gasteiger partial charge in [0.2, 0.25) is 0 Å². The Bertz CT molecular complexity index is 306. The van der Waals surface area contributed by atoms with Crippen molar-refractivity contribution in [3.8, 4) is 0 Å². The van der Waals surface area contributed by atoms with Gasteiger partial charge in [-0.05, 0) is 25.7 Å². The third-order valence-electron chi connectivity index (χ3n) is 3.31. The zero-order valence-corrected chi connectivity index (χ0v) is 15.5. The molecule has 0 heterocycles. The van der Waals surface area contributed by atoms with Crippen LogP contribution in [-0.2, 0) is 10.1 Å². The minimum Gasteiger partial charge on any atom is -0.746 e. The smallest absolute Gasteiger partial charge is 0.746 e. The molecule has 0 amide bonds. The predicted molar refractivity (Wildman–Crippen MR) is 72.2 cm³/mol. The summed E-state index contributed by atoms with van der Waals surface area (Å²) in [6, 6.07) is 0. The van der Waals surface area contributed by atoms with E-state index >= 15 is 0 Å². The van der Waals surface area contributed by atoms with E-state index in [1.54, 1.807) is 0 Å². The van der Waals surface area contributed by atoms with E-state index in [2.05, 4.69) is 6.92 Å². The van der Waals surface area contributed by atoms with E-state index in [9.17, 15) is 18.1 Å². The van der Waals surface area contributed by atoms with Crippen LogP contribution in [0.1, 0.15) is 78.1 Å². The van der Waals surface area contributed by atoms with Crippen molar-refractivity contribution in [3.05, 3.63) is 0 Å². The molecular weight excluding hydrogens is 275 g/mol. The first kappa shape index (κ1) is 22.2. The topological polar surface area (TPSA) is 77.4 Å². The van der Waals surface area contributed by atoms with Crippen molar-refractivity contribution in [2.24, 2.45) is 0 Å². The molecular formula is C13H27NaO4S. The van der Waals surface area contributed by atoms with Gasteiger partial charge >= 0.3 is 29.6 Å². The molecule has 0 saturated carbocycles. The van der Waals surface area contributed by atoms with Gasteiger partial charge in [0.25, 0.3) is 0 Å². The Hall–Kier alpha value is 0.870. The molecule has 0 rings (SSSR count). The Morgan fingerprint density at radius 2 is 1.32 bits per heavy atom. The zero-order chi connectivity index (χ0) is 14.1. The molecule has 1 N–H and O–H groups in total. The summed E-state index contributed by atoms with van der Waals surface area (Å²) in [6.45, 7) is 4.04. The Morgan fingerprint density at radius 3 is 1.79 bits per heavy atom. The molecule has 0 spiro atoms. The normalized spacial score (nSPS) is 14.7. The van der Waals surface area contributed by atoms with Crippen LogP contribution in [0.15, 0.2) is 0 Å². The molecule has 4 nitrogen and oxygen atoms in total. The maximum absolute atomic E-state index is 11.1. The summed E-state index contributed by atoms with van der Waals surface area (Å²) >= 11 is 0. The van der Waals surface area contributed by atoms with Crippen LogP contribution in [0.2, 0.25) is 0 Å². The fourth-order valence-electron chi connectivity index (χ4n) is 2.01. The standard InChI is InChI=1S/C13H28O4S.Na/c1-3-5-7-8-9-10-12-13(14,11-6-4-2)18(15,16)17;/h14H,3-12H2,1-2H3,(H,15,16,17);/q;+1/p-1. The average Bonchev–Trinajstić information content (AvgIpc) is 2.29.